The molecule has 0 saturated heterocycles. The van der Waals surface area contributed by atoms with Gasteiger partial charge in [0.15, 0.2) is 5.82 Å². The lowest BCUT2D eigenvalue weighted by atomic mass is 9.91. The van der Waals surface area contributed by atoms with Crippen LogP contribution in [-0.4, -0.2) is 27.3 Å². The van der Waals surface area contributed by atoms with Crippen LogP contribution < -0.4 is 0 Å². The molecule has 0 atom stereocenters. The Hall–Kier alpha value is -3.76. The van der Waals surface area contributed by atoms with Gasteiger partial charge in [-0.15, -0.1) is 0 Å². The molecule has 0 aliphatic carbocycles. The topological polar surface area (TPSA) is 61.3 Å². The fraction of sp³-hybridized carbons (Fsp3) is 0.200. The van der Waals surface area contributed by atoms with Gasteiger partial charge >= 0.3 is 0 Å². The molecule has 168 valence electrons. The molecule has 0 bridgehead atoms. The molecule has 0 radical (unpaired) electrons. The molecule has 2 heterocycles. The number of aromatic amines is 1. The molecule has 5 aromatic rings. The summed E-state index contributed by atoms with van der Waals surface area (Å²) in [6.45, 7) is 2.95. The summed E-state index contributed by atoms with van der Waals surface area (Å²) >= 11 is 0. The highest BCUT2D eigenvalue weighted by Crippen LogP contribution is 2.33. The van der Waals surface area contributed by atoms with Gasteiger partial charge < -0.3 is 10.1 Å². The number of H-pyrrole nitrogens is 1. The maximum atomic E-state index is 9.77. The Balaban J connectivity index is 1.54. The third kappa shape index (κ3) is 3.51. The van der Waals surface area contributed by atoms with Crippen LogP contribution >= 0.6 is 0 Å². The van der Waals surface area contributed by atoms with E-state index in [-0.39, 0.29) is 6.61 Å². The highest BCUT2D eigenvalue weighted by Gasteiger charge is 2.20. The second-order valence-electron chi connectivity index (χ2n) is 8.98. The molecule has 0 fully saturated rings. The Kier molecular flexibility index (Phi) is 5.23. The van der Waals surface area contributed by atoms with E-state index in [4.69, 9.17) is 9.98 Å². The van der Waals surface area contributed by atoms with Crippen molar-refractivity contribution >= 4 is 27.5 Å². The minimum atomic E-state index is -0.0321. The number of benzene rings is 4. The largest absolute Gasteiger partial charge is 0.392 e. The summed E-state index contributed by atoms with van der Waals surface area (Å²) in [6.07, 6.45) is 3.02. The lowest BCUT2D eigenvalue weighted by Crippen LogP contribution is -2.08. The first-order valence-corrected chi connectivity index (χ1v) is 12.0. The maximum Gasteiger partial charge on any atom is 0.157 e. The molecule has 1 aliphatic rings. The van der Waals surface area contributed by atoms with E-state index in [1.807, 2.05) is 18.2 Å². The van der Waals surface area contributed by atoms with Crippen LogP contribution in [0.2, 0.25) is 0 Å². The summed E-state index contributed by atoms with van der Waals surface area (Å²) in [5.74, 6) is 0.767. The van der Waals surface area contributed by atoms with Crippen molar-refractivity contribution in [2.75, 3.05) is 6.54 Å². The smallest absolute Gasteiger partial charge is 0.157 e. The van der Waals surface area contributed by atoms with E-state index in [1.54, 1.807) is 0 Å². The normalized spacial score (nSPS) is 13.6. The van der Waals surface area contributed by atoms with E-state index >= 15 is 0 Å². The van der Waals surface area contributed by atoms with E-state index in [2.05, 4.69) is 66.5 Å². The lowest BCUT2D eigenvalue weighted by molar-refractivity contribution is 0.283. The zero-order valence-corrected chi connectivity index (χ0v) is 19.3. The molecule has 0 saturated carbocycles. The van der Waals surface area contributed by atoms with Crippen LogP contribution in [0.15, 0.2) is 77.8 Å². The van der Waals surface area contributed by atoms with Crippen molar-refractivity contribution in [3.05, 3.63) is 101 Å². The minimum absolute atomic E-state index is 0.0321. The van der Waals surface area contributed by atoms with Crippen LogP contribution in [0.25, 0.3) is 32.9 Å². The van der Waals surface area contributed by atoms with Gasteiger partial charge in [0.05, 0.1) is 17.6 Å². The van der Waals surface area contributed by atoms with Crippen molar-refractivity contribution in [1.29, 1.82) is 0 Å². The fourth-order valence-electron chi connectivity index (χ4n) is 5.08. The third-order valence-electron chi connectivity index (χ3n) is 6.87. The zero-order valence-electron chi connectivity index (χ0n) is 19.3. The van der Waals surface area contributed by atoms with Gasteiger partial charge in [-0.25, -0.2) is 4.98 Å². The first-order chi connectivity index (χ1) is 16.7. The summed E-state index contributed by atoms with van der Waals surface area (Å²) in [6, 6.07) is 25.9. The number of aliphatic imine (C=N–C) groups is 1. The summed E-state index contributed by atoms with van der Waals surface area (Å²) in [5.41, 5.74) is 9.71. The molecule has 4 aromatic carbocycles. The first-order valence-electron chi connectivity index (χ1n) is 12.0. The number of aryl methyl sites for hydroxylation is 2. The number of hydrogen-bond acceptors (Lipinski definition) is 3. The Labute approximate surface area is 199 Å². The van der Waals surface area contributed by atoms with Crippen LogP contribution in [-0.2, 0) is 19.4 Å². The average Bonchev–Trinajstić information content (AvgIpc) is 3.21. The Morgan fingerprint density at radius 3 is 2.74 bits per heavy atom. The lowest BCUT2D eigenvalue weighted by Gasteiger charge is -2.14. The molecular weight excluding hydrogens is 418 g/mol. The van der Waals surface area contributed by atoms with E-state index in [9.17, 15) is 5.11 Å². The molecule has 0 amide bonds. The minimum Gasteiger partial charge on any atom is -0.392 e. The number of nitrogens with one attached hydrogen (secondary N) is 1. The van der Waals surface area contributed by atoms with Gasteiger partial charge in [-0.05, 0) is 64.4 Å². The number of aromatic nitrogens is 2. The van der Waals surface area contributed by atoms with E-state index in [1.165, 1.54) is 33.0 Å². The van der Waals surface area contributed by atoms with Gasteiger partial charge in [0.1, 0.15) is 5.71 Å². The van der Waals surface area contributed by atoms with Crippen LogP contribution in [0.3, 0.4) is 0 Å². The molecule has 2 N–H and O–H groups in total. The van der Waals surface area contributed by atoms with Crippen LogP contribution in [0.5, 0.6) is 0 Å². The number of para-hydroxylation sites is 1. The molecule has 1 aliphatic heterocycles. The maximum absolute atomic E-state index is 9.77. The second kappa shape index (κ2) is 8.54. The molecule has 34 heavy (non-hydrogen) atoms. The molecule has 4 heteroatoms. The van der Waals surface area contributed by atoms with Crippen LogP contribution in [0.4, 0.5) is 0 Å². The van der Waals surface area contributed by atoms with Gasteiger partial charge in [-0.1, -0.05) is 67.6 Å². The summed E-state index contributed by atoms with van der Waals surface area (Å²) in [4.78, 5) is 13.3. The van der Waals surface area contributed by atoms with Crippen molar-refractivity contribution in [3.63, 3.8) is 0 Å². The molecule has 6 rings (SSSR count). The second-order valence-corrected chi connectivity index (χ2v) is 8.98. The van der Waals surface area contributed by atoms with E-state index in [0.29, 0.717) is 0 Å². The summed E-state index contributed by atoms with van der Waals surface area (Å²) in [7, 11) is 0. The van der Waals surface area contributed by atoms with Crippen molar-refractivity contribution in [2.24, 2.45) is 4.99 Å². The predicted molar refractivity (Wildman–Crippen MR) is 140 cm³/mol. The highest BCUT2D eigenvalue weighted by molar-refractivity contribution is 6.14. The first kappa shape index (κ1) is 20.8. The fourth-order valence-corrected chi connectivity index (χ4v) is 5.08. The number of aliphatic hydroxyl groups excluding tert-OH is 1. The standard InChI is InChI=1S/C30H27N3O/c1-2-19-15-21-7-3-4-10-24(21)25(16-19)22-13-12-20-9-6-14-31-29(26(20)17-22)30-32-27-11-5-8-23(18-34)28(27)33-30/h3-5,7-8,10-13,15-17,34H,2,6,9,14,18H2,1H3,(H,32,33). The molecule has 0 spiro atoms. The van der Waals surface area contributed by atoms with E-state index in [0.717, 1.165) is 59.5 Å². The van der Waals surface area contributed by atoms with Crippen molar-refractivity contribution in [3.8, 4) is 11.1 Å². The van der Waals surface area contributed by atoms with Crippen LogP contribution in [0.1, 0.15) is 41.4 Å². The Morgan fingerprint density at radius 1 is 0.941 bits per heavy atom. The average molecular weight is 446 g/mol. The van der Waals surface area contributed by atoms with Crippen LogP contribution in [0, 0.1) is 0 Å². The monoisotopic (exact) mass is 445 g/mol. The number of hydrogen-bond donors (Lipinski definition) is 2. The Bertz CT molecular complexity index is 1560. The third-order valence-corrected chi connectivity index (χ3v) is 6.87. The predicted octanol–water partition coefficient (Wildman–Crippen LogP) is 6.22. The number of nitrogens with zero attached hydrogens (tertiary/aromatic N) is 2. The number of imidazole rings is 1. The molecule has 1 aromatic heterocycles. The van der Waals surface area contributed by atoms with Gasteiger partial charge in [-0.3, -0.25) is 4.99 Å². The van der Waals surface area contributed by atoms with Crippen molar-refractivity contribution in [2.45, 2.75) is 32.8 Å². The van der Waals surface area contributed by atoms with Gasteiger partial charge in [0, 0.05) is 17.7 Å². The summed E-state index contributed by atoms with van der Waals surface area (Å²) in [5, 5.41) is 12.3. The van der Waals surface area contributed by atoms with Gasteiger partial charge in [0.25, 0.3) is 0 Å². The number of aliphatic hydroxyl groups is 1. The SMILES string of the molecule is CCc1cc(-c2ccc3c(c2)C(c2nc4c(CO)cccc4[nH]2)=NCCC3)c2ccccc2c1. The highest BCUT2D eigenvalue weighted by atomic mass is 16.3. The Morgan fingerprint density at radius 2 is 1.85 bits per heavy atom. The quantitative estimate of drug-likeness (QED) is 0.345. The number of fused-ring (bicyclic) bond motifs is 3. The van der Waals surface area contributed by atoms with Gasteiger partial charge in [-0.2, -0.15) is 0 Å². The summed E-state index contributed by atoms with van der Waals surface area (Å²) < 4.78 is 0. The number of rotatable bonds is 4. The van der Waals surface area contributed by atoms with Crippen molar-refractivity contribution < 1.29 is 5.11 Å². The van der Waals surface area contributed by atoms with Crippen molar-refractivity contribution in [1.82, 2.24) is 9.97 Å². The molecule has 4 nitrogen and oxygen atoms in total. The molecular formula is C30H27N3O. The molecule has 0 unspecified atom stereocenters. The zero-order chi connectivity index (χ0) is 23.1. The van der Waals surface area contributed by atoms with E-state index < -0.39 is 0 Å². The van der Waals surface area contributed by atoms with Gasteiger partial charge in [0.2, 0.25) is 0 Å².